The first-order valence-electron chi connectivity index (χ1n) is 12.8. The van der Waals surface area contributed by atoms with Crippen molar-refractivity contribution in [2.24, 2.45) is 5.10 Å². The molecule has 0 fully saturated rings. The number of rotatable bonds is 8. The van der Waals surface area contributed by atoms with Crippen LogP contribution in [0.25, 0.3) is 22.3 Å². The molecule has 4 aromatic carbocycles. The Morgan fingerprint density at radius 2 is 1.82 bits per heavy atom. The minimum absolute atomic E-state index is 0.0296. The summed E-state index contributed by atoms with van der Waals surface area (Å²) in [6.07, 6.45) is -3.34. The lowest BCUT2D eigenvalue weighted by atomic mass is 10.1. The van der Waals surface area contributed by atoms with E-state index >= 15 is 0 Å². The largest absolute Gasteiger partial charge is 0.493 e. The highest BCUT2D eigenvalue weighted by molar-refractivity contribution is 9.10. The van der Waals surface area contributed by atoms with Gasteiger partial charge in [-0.15, -0.1) is 0 Å². The van der Waals surface area contributed by atoms with Gasteiger partial charge in [-0.05, 0) is 60.7 Å². The van der Waals surface area contributed by atoms with E-state index in [2.05, 4.69) is 31.3 Å². The van der Waals surface area contributed by atoms with Crippen molar-refractivity contribution in [3.05, 3.63) is 116 Å². The van der Waals surface area contributed by atoms with Gasteiger partial charge in [0, 0.05) is 26.3 Å². The van der Waals surface area contributed by atoms with E-state index in [-0.39, 0.29) is 33.8 Å². The number of amides is 1. The highest BCUT2D eigenvalue weighted by atomic mass is 79.9. The number of methoxy groups -OCH3 is 1. The highest BCUT2D eigenvalue weighted by Gasteiger charge is 2.31. The number of nitrogens with one attached hydrogen (secondary N) is 1. The number of nitrogens with zero attached hydrogens (tertiary/aromatic N) is 3. The van der Waals surface area contributed by atoms with Crippen molar-refractivity contribution in [2.45, 2.75) is 6.18 Å². The Labute approximate surface area is 261 Å². The first-order valence-corrected chi connectivity index (χ1v) is 14.0. The monoisotopic (exact) mass is 684 g/mol. The molecule has 0 saturated carbocycles. The molecule has 0 unspecified atom stereocenters. The second-order valence-electron chi connectivity index (χ2n) is 9.26. The molecule has 44 heavy (non-hydrogen) atoms. The maximum Gasteiger partial charge on any atom is 0.416 e. The molecule has 5 rings (SSSR count). The zero-order chi connectivity index (χ0) is 31.4. The zero-order valence-corrected chi connectivity index (χ0v) is 25.1. The van der Waals surface area contributed by atoms with Crippen molar-refractivity contribution in [1.29, 1.82) is 0 Å². The van der Waals surface area contributed by atoms with Gasteiger partial charge in [-0.25, -0.2) is 4.98 Å². The summed E-state index contributed by atoms with van der Waals surface area (Å²) in [7, 11) is 1.41. The number of fused-ring (bicyclic) bond motifs is 1. The van der Waals surface area contributed by atoms with Gasteiger partial charge in [0.05, 0.1) is 29.8 Å². The summed E-state index contributed by atoms with van der Waals surface area (Å²) in [4.78, 5) is 30.7. The molecule has 5 aromatic rings. The normalized spacial score (nSPS) is 11.6. The Bertz CT molecular complexity index is 1950. The second kappa shape index (κ2) is 12.9. The molecule has 0 aliphatic carbocycles. The lowest BCUT2D eigenvalue weighted by molar-refractivity contribution is -0.137. The van der Waals surface area contributed by atoms with Crippen LogP contribution in [0, 0.1) is 0 Å². The molecule has 1 N–H and O–H groups in total. The van der Waals surface area contributed by atoms with Gasteiger partial charge in [-0.2, -0.15) is 22.9 Å². The third kappa shape index (κ3) is 6.92. The van der Waals surface area contributed by atoms with E-state index in [9.17, 15) is 22.8 Å². The van der Waals surface area contributed by atoms with E-state index in [1.54, 1.807) is 60.7 Å². The van der Waals surface area contributed by atoms with Gasteiger partial charge in [0.25, 0.3) is 11.5 Å². The van der Waals surface area contributed by atoms with Gasteiger partial charge in [0.15, 0.2) is 23.9 Å². The molecule has 0 bridgehead atoms. The van der Waals surface area contributed by atoms with Crippen LogP contribution in [0.15, 0.2) is 99.3 Å². The van der Waals surface area contributed by atoms with Gasteiger partial charge in [0.2, 0.25) is 0 Å². The summed E-state index contributed by atoms with van der Waals surface area (Å²) in [5, 5.41) is 7.76. The number of carbonyl (C=O) groups excluding carboxylic acids is 1. The fourth-order valence-corrected chi connectivity index (χ4v) is 4.81. The number of para-hydroxylation sites is 1. The topological polar surface area (TPSA) is 94.8 Å². The highest BCUT2D eigenvalue weighted by Crippen LogP contribution is 2.35. The Hall–Kier alpha value is -4.68. The van der Waals surface area contributed by atoms with E-state index < -0.39 is 29.8 Å². The number of hydrogen-bond acceptors (Lipinski definition) is 6. The average Bonchev–Trinajstić information content (AvgIpc) is 3.00. The van der Waals surface area contributed by atoms with Gasteiger partial charge >= 0.3 is 6.18 Å². The Balaban J connectivity index is 1.55. The van der Waals surface area contributed by atoms with E-state index in [4.69, 9.17) is 21.1 Å². The predicted molar refractivity (Wildman–Crippen MR) is 166 cm³/mol. The molecular formula is C31H21BrClF3N4O4. The summed E-state index contributed by atoms with van der Waals surface area (Å²) in [5.41, 5.74) is -0.384. The summed E-state index contributed by atoms with van der Waals surface area (Å²) in [6, 6.07) is 20.7. The molecule has 1 aromatic heterocycles. The van der Waals surface area contributed by atoms with Gasteiger partial charge < -0.3 is 14.8 Å². The van der Waals surface area contributed by atoms with Crippen molar-refractivity contribution >= 4 is 56.2 Å². The maximum absolute atomic E-state index is 13.6. The minimum Gasteiger partial charge on any atom is -0.493 e. The Morgan fingerprint density at radius 3 is 2.55 bits per heavy atom. The van der Waals surface area contributed by atoms with Crippen LogP contribution in [0.4, 0.5) is 18.9 Å². The van der Waals surface area contributed by atoms with E-state index in [1.165, 1.54) is 25.5 Å². The van der Waals surface area contributed by atoms with Crippen LogP contribution < -0.4 is 20.3 Å². The SMILES string of the molecule is COc1cc(Br)cc(C=Nn2c(-c3cccc(C(F)(F)F)c3)nc3ccccc3c2=O)c1OCC(=O)Nc1ccc(Cl)cc1. The number of benzene rings is 4. The number of halogens is 5. The molecule has 13 heteroatoms. The van der Waals surface area contributed by atoms with Crippen molar-refractivity contribution in [3.8, 4) is 22.9 Å². The number of carbonyl (C=O) groups is 1. The van der Waals surface area contributed by atoms with Crippen LogP contribution >= 0.6 is 27.5 Å². The van der Waals surface area contributed by atoms with Crippen LogP contribution in [0.2, 0.25) is 5.02 Å². The number of anilines is 1. The first-order chi connectivity index (χ1) is 21.0. The van der Waals surface area contributed by atoms with Gasteiger partial charge in [-0.3, -0.25) is 9.59 Å². The summed E-state index contributed by atoms with van der Waals surface area (Å²) >= 11 is 9.29. The molecule has 224 valence electrons. The van der Waals surface area contributed by atoms with Crippen LogP contribution in [-0.4, -0.2) is 35.5 Å². The number of ether oxygens (including phenoxy) is 2. The van der Waals surface area contributed by atoms with Crippen LogP contribution in [-0.2, 0) is 11.0 Å². The summed E-state index contributed by atoms with van der Waals surface area (Å²) < 4.78 is 53.3. The molecule has 0 atom stereocenters. The lowest BCUT2D eigenvalue weighted by Crippen LogP contribution is -2.21. The summed E-state index contributed by atoms with van der Waals surface area (Å²) in [5.74, 6) is -0.194. The van der Waals surface area contributed by atoms with Crippen molar-refractivity contribution in [3.63, 3.8) is 0 Å². The minimum atomic E-state index is -4.61. The molecular weight excluding hydrogens is 665 g/mol. The fourth-order valence-electron chi connectivity index (χ4n) is 4.23. The van der Waals surface area contributed by atoms with Crippen molar-refractivity contribution in [1.82, 2.24) is 9.66 Å². The van der Waals surface area contributed by atoms with Gasteiger partial charge in [0.1, 0.15) is 0 Å². The Kier molecular flexibility index (Phi) is 9.02. The van der Waals surface area contributed by atoms with Crippen molar-refractivity contribution in [2.75, 3.05) is 19.0 Å². The maximum atomic E-state index is 13.6. The van der Waals surface area contributed by atoms with E-state index in [0.717, 1.165) is 16.8 Å². The molecule has 0 aliphatic heterocycles. The molecule has 8 nitrogen and oxygen atoms in total. The third-order valence-corrected chi connectivity index (χ3v) is 6.97. The number of hydrogen-bond donors (Lipinski definition) is 1. The van der Waals surface area contributed by atoms with Crippen LogP contribution in [0.1, 0.15) is 11.1 Å². The quantitative estimate of drug-likeness (QED) is 0.172. The molecule has 0 aliphatic rings. The zero-order valence-electron chi connectivity index (χ0n) is 22.7. The fraction of sp³-hybridized carbons (Fsp3) is 0.0968. The molecule has 1 amide bonds. The lowest BCUT2D eigenvalue weighted by Gasteiger charge is -2.15. The van der Waals surface area contributed by atoms with Crippen LogP contribution in [0.5, 0.6) is 11.5 Å². The van der Waals surface area contributed by atoms with E-state index in [1.807, 2.05) is 0 Å². The predicted octanol–water partition coefficient (Wildman–Crippen LogP) is 7.41. The van der Waals surface area contributed by atoms with Gasteiger partial charge in [-0.1, -0.05) is 51.8 Å². The number of aromatic nitrogens is 2. The van der Waals surface area contributed by atoms with Crippen LogP contribution in [0.3, 0.4) is 0 Å². The van der Waals surface area contributed by atoms with Crippen molar-refractivity contribution < 1.29 is 27.4 Å². The Morgan fingerprint density at radius 1 is 1.07 bits per heavy atom. The molecule has 1 heterocycles. The molecule has 0 radical (unpaired) electrons. The third-order valence-electron chi connectivity index (χ3n) is 6.26. The smallest absolute Gasteiger partial charge is 0.416 e. The average molecular weight is 686 g/mol. The van der Waals surface area contributed by atoms with E-state index in [0.29, 0.717) is 20.7 Å². The summed E-state index contributed by atoms with van der Waals surface area (Å²) in [6.45, 7) is -0.408. The standard InChI is InChI=1S/C31H21BrClF3N4O4/c1-43-26-15-21(32)14-19(28(26)44-17-27(41)38-23-11-9-22(33)10-12-23)16-37-40-29(18-5-4-6-20(13-18)31(34,35)36)39-25-8-3-2-7-24(25)30(40)42/h2-16H,17H2,1H3,(H,38,41). The second-order valence-corrected chi connectivity index (χ2v) is 10.6. The number of alkyl halides is 3. The first kappa shape index (κ1) is 30.8. The molecule has 0 spiro atoms. The molecule has 0 saturated heterocycles.